The molecule has 1 fully saturated rings. The number of hydrogen-bond donors (Lipinski definition) is 10. The van der Waals surface area contributed by atoms with Crippen LogP contribution in [0.4, 0.5) is 0 Å². The van der Waals surface area contributed by atoms with Crippen LogP contribution >= 0.6 is 0 Å². The molecule has 19 nitrogen and oxygen atoms in total. The number of hydrogen-bond acceptors (Lipinski definition) is 10. The van der Waals surface area contributed by atoms with Gasteiger partial charge in [-0.25, -0.2) is 4.79 Å². The summed E-state index contributed by atoms with van der Waals surface area (Å²) in [6, 6.07) is -0.622. The number of rotatable bonds is 9. The van der Waals surface area contributed by atoms with Crippen LogP contribution in [0.3, 0.4) is 0 Å². The highest BCUT2D eigenvalue weighted by molar-refractivity contribution is 7.85. The highest BCUT2D eigenvalue weighted by Gasteiger charge is 2.32. The van der Waals surface area contributed by atoms with E-state index in [-0.39, 0.29) is 37.5 Å². The molecule has 0 unspecified atom stereocenters. The van der Waals surface area contributed by atoms with Gasteiger partial charge in [-0.1, -0.05) is 12.1 Å². The maximum absolute atomic E-state index is 13.4. The van der Waals surface area contributed by atoms with Gasteiger partial charge in [0.1, 0.15) is 35.7 Å². The van der Waals surface area contributed by atoms with E-state index in [2.05, 4.69) is 26.3 Å². The number of phenolic OH excluding ortho intramolecular Hbond substituents is 1. The quantitative estimate of drug-likeness (QED) is 0.0673. The van der Waals surface area contributed by atoms with Crippen molar-refractivity contribution < 1.29 is 53.1 Å². The highest BCUT2D eigenvalue weighted by Crippen LogP contribution is 2.12. The molecule has 252 valence electrons. The predicted molar refractivity (Wildman–Crippen MR) is 160 cm³/mol. The lowest BCUT2D eigenvalue weighted by Crippen LogP contribution is -2.57. The molecule has 0 aliphatic carbocycles. The number of carboxylic acid groups (broad SMARTS) is 2. The van der Waals surface area contributed by atoms with E-state index in [0.717, 1.165) is 0 Å². The number of amides is 5. The number of aromatic hydroxyl groups is 1. The molecule has 1 heterocycles. The number of carbonyl (C=O) groups is 7. The van der Waals surface area contributed by atoms with Crippen molar-refractivity contribution in [2.45, 2.75) is 49.9 Å². The summed E-state index contributed by atoms with van der Waals surface area (Å²) < 4.78 is 12.8. The zero-order valence-electron chi connectivity index (χ0n) is 24.4. The molecule has 12 N–H and O–H groups in total. The van der Waals surface area contributed by atoms with Gasteiger partial charge in [0.05, 0.1) is 18.7 Å². The maximum atomic E-state index is 13.4. The van der Waals surface area contributed by atoms with Crippen LogP contribution < -0.4 is 38.1 Å². The Morgan fingerprint density at radius 1 is 0.870 bits per heavy atom. The average Bonchev–Trinajstić information content (AvgIpc) is 2.96. The highest BCUT2D eigenvalue weighted by atomic mass is 32.2. The first-order chi connectivity index (χ1) is 21.6. The summed E-state index contributed by atoms with van der Waals surface area (Å²) in [5, 5.41) is 39.6. The third kappa shape index (κ3) is 13.2. The summed E-state index contributed by atoms with van der Waals surface area (Å²) in [4.78, 5) is 91.6. The third-order valence-corrected chi connectivity index (χ3v) is 7.61. The number of carboxylic acids is 2. The standard InChI is InChI=1S/C26H36N8O11S/c27-26(28)29-7-1-2-15-22(40)30-10-19(36)31-17(9-21(38)39)24(42)34-18(25(43)44)11-46(45)12-20(37)32-16(23(41)33-15)8-13-3-5-14(35)6-4-13/h3-6,15-18,35H,1-2,7-12H2,(H,30,40)(H,31,36)(H,32,37)(H,33,41)(H,34,42)(H,38,39)(H,43,44)(H4,27,28,29)/t15-,16-,17-,18-,46-/m0/s1. The second kappa shape index (κ2) is 17.9. The van der Waals surface area contributed by atoms with Gasteiger partial charge in [-0.3, -0.25) is 38.0 Å². The summed E-state index contributed by atoms with van der Waals surface area (Å²) >= 11 is 0. The van der Waals surface area contributed by atoms with Gasteiger partial charge in [-0.05, 0) is 30.5 Å². The van der Waals surface area contributed by atoms with Crippen LogP contribution in [0.15, 0.2) is 29.3 Å². The molecule has 20 heteroatoms. The fourth-order valence-corrected chi connectivity index (χ4v) is 5.21. The third-order valence-electron chi connectivity index (χ3n) is 6.32. The fourth-order valence-electron chi connectivity index (χ4n) is 4.12. The minimum absolute atomic E-state index is 0.0412. The van der Waals surface area contributed by atoms with E-state index in [4.69, 9.17) is 11.5 Å². The largest absolute Gasteiger partial charge is 0.508 e. The molecule has 1 aliphatic heterocycles. The van der Waals surface area contributed by atoms with Gasteiger partial charge in [0.15, 0.2) is 5.96 Å². The molecule has 5 amide bonds. The molecule has 0 radical (unpaired) electrons. The number of carbonyl (C=O) groups excluding carboxylic acids is 5. The van der Waals surface area contributed by atoms with Crippen LogP contribution in [0, 0.1) is 0 Å². The normalized spacial score (nSPS) is 23.7. The molecule has 1 saturated heterocycles. The van der Waals surface area contributed by atoms with Crippen LogP contribution in [-0.2, 0) is 50.8 Å². The second-order valence-corrected chi connectivity index (χ2v) is 11.6. The average molecular weight is 669 g/mol. The number of nitrogens with one attached hydrogen (secondary N) is 5. The van der Waals surface area contributed by atoms with Crippen LogP contribution in [0.5, 0.6) is 5.75 Å². The minimum atomic E-state index is -2.22. The monoisotopic (exact) mass is 668 g/mol. The number of benzene rings is 1. The molecule has 2 rings (SSSR count). The Labute approximate surface area is 264 Å². The van der Waals surface area contributed by atoms with Crippen molar-refractivity contribution in [3.8, 4) is 5.75 Å². The number of guanidine groups is 1. The van der Waals surface area contributed by atoms with Gasteiger partial charge < -0.3 is 53.4 Å². The Hall–Kier alpha value is -5.27. The first-order valence-electron chi connectivity index (χ1n) is 13.7. The van der Waals surface area contributed by atoms with Crippen molar-refractivity contribution in [3.05, 3.63) is 29.8 Å². The Bertz CT molecular complexity index is 1370. The van der Waals surface area contributed by atoms with Gasteiger partial charge in [-0.15, -0.1) is 0 Å². The smallest absolute Gasteiger partial charge is 0.327 e. The van der Waals surface area contributed by atoms with E-state index < -0.39 is 101 Å². The van der Waals surface area contributed by atoms with Crippen molar-refractivity contribution in [2.75, 3.05) is 24.6 Å². The van der Waals surface area contributed by atoms with E-state index in [1.54, 1.807) is 0 Å². The van der Waals surface area contributed by atoms with E-state index >= 15 is 0 Å². The number of nitrogens with two attached hydrogens (primary N) is 2. The zero-order chi connectivity index (χ0) is 34.4. The number of aliphatic imine (C=N–C) groups is 1. The Kier molecular flexibility index (Phi) is 14.4. The zero-order valence-corrected chi connectivity index (χ0v) is 25.2. The van der Waals surface area contributed by atoms with E-state index in [9.17, 15) is 53.1 Å². The van der Waals surface area contributed by atoms with Gasteiger partial charge >= 0.3 is 11.9 Å². The molecule has 0 saturated carbocycles. The number of aliphatic carboxylic acids is 2. The minimum Gasteiger partial charge on any atom is -0.508 e. The SMILES string of the molecule is NC(N)=NCCC[C@@H]1NC(=O)[C@H](Cc2ccc(O)cc2)NC(=O)C[S@@](=O)C[C@@H](C(=O)O)NC(=O)[C@H](CC(=O)O)NC(=O)CNC1=O. The first-order valence-corrected chi connectivity index (χ1v) is 15.2. The van der Waals surface area contributed by atoms with Crippen LogP contribution in [0.1, 0.15) is 24.8 Å². The topological polar surface area (TPSA) is 322 Å². The maximum Gasteiger partial charge on any atom is 0.327 e. The summed E-state index contributed by atoms with van der Waals surface area (Å²) in [6.45, 7) is -0.701. The van der Waals surface area contributed by atoms with Crippen LogP contribution in [0.2, 0.25) is 0 Å². The molecule has 1 aromatic rings. The molecular weight excluding hydrogens is 632 g/mol. The Morgan fingerprint density at radius 3 is 2.11 bits per heavy atom. The molecule has 1 aromatic carbocycles. The van der Waals surface area contributed by atoms with Crippen molar-refractivity contribution in [2.24, 2.45) is 16.5 Å². The molecule has 0 aromatic heterocycles. The van der Waals surface area contributed by atoms with Crippen molar-refractivity contribution in [1.29, 1.82) is 0 Å². The number of nitrogens with zero attached hydrogens (tertiary/aromatic N) is 1. The van der Waals surface area contributed by atoms with E-state index in [0.29, 0.717) is 5.56 Å². The Morgan fingerprint density at radius 2 is 1.50 bits per heavy atom. The summed E-state index contributed by atoms with van der Waals surface area (Å²) in [5.41, 5.74) is 11.1. The summed E-state index contributed by atoms with van der Waals surface area (Å²) in [7, 11) is -2.22. The van der Waals surface area contributed by atoms with E-state index in [1.165, 1.54) is 24.3 Å². The molecule has 46 heavy (non-hydrogen) atoms. The second-order valence-electron chi connectivity index (χ2n) is 10.1. The molecule has 0 bridgehead atoms. The van der Waals surface area contributed by atoms with Gasteiger partial charge in [-0.2, -0.15) is 0 Å². The molecular formula is C26H36N8O11S. The summed E-state index contributed by atoms with van der Waals surface area (Å²) in [5.74, 6) is -9.91. The molecule has 0 spiro atoms. The van der Waals surface area contributed by atoms with Gasteiger partial charge in [0.25, 0.3) is 0 Å². The van der Waals surface area contributed by atoms with Crippen molar-refractivity contribution in [1.82, 2.24) is 26.6 Å². The lowest BCUT2D eigenvalue weighted by molar-refractivity contribution is -0.143. The van der Waals surface area contributed by atoms with Crippen LogP contribution in [0.25, 0.3) is 0 Å². The number of phenols is 1. The lowest BCUT2D eigenvalue weighted by Gasteiger charge is -2.24. The molecule has 1 aliphatic rings. The van der Waals surface area contributed by atoms with Gasteiger partial charge in [0, 0.05) is 23.8 Å². The van der Waals surface area contributed by atoms with Gasteiger partial charge in [0.2, 0.25) is 29.5 Å². The van der Waals surface area contributed by atoms with Crippen molar-refractivity contribution in [3.63, 3.8) is 0 Å². The van der Waals surface area contributed by atoms with Crippen molar-refractivity contribution >= 4 is 58.2 Å². The molecule has 5 atom stereocenters. The Balaban J connectivity index is 2.42. The summed E-state index contributed by atoms with van der Waals surface area (Å²) in [6.07, 6.45) is -0.966. The van der Waals surface area contributed by atoms with Crippen LogP contribution in [-0.4, -0.2) is 116 Å². The predicted octanol–water partition coefficient (Wildman–Crippen LogP) is -4.63. The lowest BCUT2D eigenvalue weighted by atomic mass is 10.0. The first kappa shape index (κ1) is 36.9. The fraction of sp³-hybridized carbons (Fsp3) is 0.462. The van der Waals surface area contributed by atoms with E-state index in [1.807, 2.05) is 5.32 Å².